The molecule has 1 aliphatic rings. The molecule has 1 atom stereocenters. The van der Waals surface area contributed by atoms with Crippen molar-refractivity contribution < 1.29 is 9.59 Å². The van der Waals surface area contributed by atoms with Crippen LogP contribution in [0.15, 0.2) is 35.6 Å². The van der Waals surface area contributed by atoms with E-state index in [0.29, 0.717) is 36.5 Å². The molecule has 0 bridgehead atoms. The van der Waals surface area contributed by atoms with Gasteiger partial charge in [-0.25, -0.2) is 14.6 Å². The van der Waals surface area contributed by atoms with E-state index >= 15 is 0 Å². The molecule has 0 spiro atoms. The number of carbonyl (C=O) groups is 2. The third-order valence-electron chi connectivity index (χ3n) is 5.40. The van der Waals surface area contributed by atoms with Gasteiger partial charge in [-0.3, -0.25) is 18.8 Å². The predicted molar refractivity (Wildman–Crippen MR) is 114 cm³/mol. The first-order chi connectivity index (χ1) is 14.8. The van der Waals surface area contributed by atoms with Gasteiger partial charge in [0.25, 0.3) is 5.56 Å². The summed E-state index contributed by atoms with van der Waals surface area (Å²) in [5, 5.41) is 7.10. The van der Waals surface area contributed by atoms with E-state index in [1.54, 1.807) is 11.0 Å². The van der Waals surface area contributed by atoms with Gasteiger partial charge in [-0.05, 0) is 30.0 Å². The van der Waals surface area contributed by atoms with Gasteiger partial charge in [-0.15, -0.1) is 0 Å². The summed E-state index contributed by atoms with van der Waals surface area (Å²) in [6, 6.07) is 3.42. The number of rotatable bonds is 6. The van der Waals surface area contributed by atoms with Crippen molar-refractivity contribution in [3.05, 3.63) is 52.6 Å². The highest BCUT2D eigenvalue weighted by Crippen LogP contribution is 2.23. The Morgan fingerprint density at radius 2 is 2.13 bits per heavy atom. The van der Waals surface area contributed by atoms with E-state index in [0.717, 1.165) is 5.56 Å². The lowest BCUT2D eigenvalue weighted by Gasteiger charge is -2.12. The molecule has 0 aromatic carbocycles. The van der Waals surface area contributed by atoms with Crippen molar-refractivity contribution >= 4 is 23.1 Å². The Balaban J connectivity index is 1.62. The monoisotopic (exact) mass is 423 g/mol. The van der Waals surface area contributed by atoms with Crippen molar-refractivity contribution in [1.82, 2.24) is 29.0 Å². The van der Waals surface area contributed by atoms with Crippen LogP contribution in [0.3, 0.4) is 0 Å². The van der Waals surface area contributed by atoms with Gasteiger partial charge in [0, 0.05) is 38.3 Å². The summed E-state index contributed by atoms with van der Waals surface area (Å²) in [4.78, 5) is 46.8. The maximum absolute atomic E-state index is 13.1. The van der Waals surface area contributed by atoms with Crippen molar-refractivity contribution in [3.8, 4) is 0 Å². The Kier molecular flexibility index (Phi) is 5.53. The molecule has 1 unspecified atom stereocenters. The number of carbonyl (C=O) groups excluding carboxylic acids is 2. The standard InChI is InChI=1S/C21H25N7O3/c1-13(2)20-25-28(11-18(29)24-17-4-5-22-12-23-17)21(31)16-7-14(10-27(16)20)6-15-8-19(30)26(3)9-15/h4-5,7,10,12-13,15H,6,8-9,11H2,1-3H3,(H,22,23,24,29). The number of amides is 2. The summed E-state index contributed by atoms with van der Waals surface area (Å²) in [5.41, 5.74) is 1.12. The quantitative estimate of drug-likeness (QED) is 0.634. The molecule has 1 aliphatic heterocycles. The molecular formula is C21H25N7O3. The molecule has 2 amide bonds. The maximum Gasteiger partial charge on any atom is 0.291 e. The van der Waals surface area contributed by atoms with Crippen LogP contribution in [0.4, 0.5) is 5.82 Å². The van der Waals surface area contributed by atoms with Gasteiger partial charge in [-0.2, -0.15) is 5.10 Å². The average Bonchev–Trinajstić information content (AvgIpc) is 3.27. The minimum Gasteiger partial charge on any atom is -0.345 e. The molecule has 0 saturated carbocycles. The Labute approximate surface area is 178 Å². The van der Waals surface area contributed by atoms with Crippen LogP contribution in [0.25, 0.3) is 5.52 Å². The highest BCUT2D eigenvalue weighted by Gasteiger charge is 2.27. The number of nitrogens with zero attached hydrogens (tertiary/aromatic N) is 6. The molecule has 1 N–H and O–H groups in total. The van der Waals surface area contributed by atoms with E-state index in [1.165, 1.54) is 17.2 Å². The van der Waals surface area contributed by atoms with Gasteiger partial charge in [0.1, 0.15) is 30.0 Å². The molecule has 4 rings (SSSR count). The van der Waals surface area contributed by atoms with Gasteiger partial charge in [0.15, 0.2) is 0 Å². The lowest BCUT2D eigenvalue weighted by molar-refractivity contribution is -0.126. The van der Waals surface area contributed by atoms with Crippen molar-refractivity contribution in [3.63, 3.8) is 0 Å². The number of hydrogen-bond acceptors (Lipinski definition) is 6. The molecule has 1 fully saturated rings. The zero-order valence-electron chi connectivity index (χ0n) is 17.8. The summed E-state index contributed by atoms with van der Waals surface area (Å²) < 4.78 is 3.00. The molecule has 3 aromatic rings. The second-order valence-corrected chi connectivity index (χ2v) is 8.27. The fourth-order valence-corrected chi connectivity index (χ4v) is 3.94. The zero-order chi connectivity index (χ0) is 22.1. The smallest absolute Gasteiger partial charge is 0.291 e. The second-order valence-electron chi connectivity index (χ2n) is 8.27. The van der Waals surface area contributed by atoms with Crippen molar-refractivity contribution in [2.45, 2.75) is 39.2 Å². The van der Waals surface area contributed by atoms with Crippen LogP contribution < -0.4 is 10.9 Å². The maximum atomic E-state index is 13.1. The molecule has 3 aromatic heterocycles. The highest BCUT2D eigenvalue weighted by molar-refractivity contribution is 5.89. The third-order valence-corrected chi connectivity index (χ3v) is 5.40. The van der Waals surface area contributed by atoms with E-state index < -0.39 is 5.91 Å². The van der Waals surface area contributed by atoms with Gasteiger partial charge >= 0.3 is 0 Å². The van der Waals surface area contributed by atoms with Crippen LogP contribution >= 0.6 is 0 Å². The van der Waals surface area contributed by atoms with Gasteiger partial charge in [0.2, 0.25) is 11.8 Å². The Morgan fingerprint density at radius 1 is 1.32 bits per heavy atom. The number of nitrogens with one attached hydrogen (secondary N) is 1. The zero-order valence-corrected chi connectivity index (χ0v) is 17.8. The summed E-state index contributed by atoms with van der Waals surface area (Å²) >= 11 is 0. The molecule has 162 valence electrons. The van der Waals surface area contributed by atoms with E-state index in [1.807, 2.05) is 37.6 Å². The molecule has 1 saturated heterocycles. The van der Waals surface area contributed by atoms with E-state index in [4.69, 9.17) is 0 Å². The van der Waals surface area contributed by atoms with Crippen molar-refractivity contribution in [1.29, 1.82) is 0 Å². The summed E-state index contributed by atoms with van der Waals surface area (Å²) in [6.07, 6.45) is 6.01. The molecule has 10 nitrogen and oxygen atoms in total. The van der Waals surface area contributed by atoms with Crippen LogP contribution in [0.5, 0.6) is 0 Å². The van der Waals surface area contributed by atoms with Gasteiger partial charge in [0.05, 0.1) is 0 Å². The van der Waals surface area contributed by atoms with Crippen molar-refractivity contribution in [2.24, 2.45) is 5.92 Å². The highest BCUT2D eigenvalue weighted by atomic mass is 16.2. The first-order valence-corrected chi connectivity index (χ1v) is 10.2. The number of aromatic nitrogens is 5. The molecule has 10 heteroatoms. The van der Waals surface area contributed by atoms with Crippen LogP contribution in [-0.4, -0.2) is 54.5 Å². The second kappa shape index (κ2) is 8.29. The SMILES string of the molecule is CC(C)c1nn(CC(=O)Nc2ccncn2)c(=O)c2cc(CC3CC(=O)N(C)C3)cn12. The van der Waals surface area contributed by atoms with Gasteiger partial charge < -0.3 is 10.2 Å². The molecule has 4 heterocycles. The third kappa shape index (κ3) is 4.32. The number of anilines is 1. The molecule has 0 aliphatic carbocycles. The summed E-state index contributed by atoms with van der Waals surface area (Å²) in [5.74, 6) is 1.07. The van der Waals surface area contributed by atoms with Crippen LogP contribution in [0.1, 0.15) is 37.6 Å². The number of fused-ring (bicyclic) bond motifs is 1. The fraction of sp³-hybridized carbons (Fsp3) is 0.429. The number of likely N-dealkylation sites (tertiary alicyclic amines) is 1. The average molecular weight is 423 g/mol. The molecule has 0 radical (unpaired) electrons. The van der Waals surface area contributed by atoms with Crippen LogP contribution in [0.2, 0.25) is 0 Å². The molecule has 31 heavy (non-hydrogen) atoms. The Bertz CT molecular complexity index is 1180. The van der Waals surface area contributed by atoms with Crippen molar-refractivity contribution in [2.75, 3.05) is 18.9 Å². The van der Waals surface area contributed by atoms with Gasteiger partial charge in [-0.1, -0.05) is 13.8 Å². The fourth-order valence-electron chi connectivity index (χ4n) is 3.94. The summed E-state index contributed by atoms with van der Waals surface area (Å²) in [7, 11) is 1.81. The Morgan fingerprint density at radius 3 is 2.77 bits per heavy atom. The predicted octanol–water partition coefficient (Wildman–Crippen LogP) is 1.07. The van der Waals surface area contributed by atoms with E-state index in [9.17, 15) is 14.4 Å². The summed E-state index contributed by atoms with van der Waals surface area (Å²) in [6.45, 7) is 4.47. The lowest BCUT2D eigenvalue weighted by Crippen LogP contribution is -2.32. The minimum atomic E-state index is -0.397. The van der Waals surface area contributed by atoms with Crippen LogP contribution in [-0.2, 0) is 22.6 Å². The first-order valence-electron chi connectivity index (χ1n) is 10.2. The molecular weight excluding hydrogens is 398 g/mol. The lowest BCUT2D eigenvalue weighted by atomic mass is 10.0. The normalized spacial score (nSPS) is 16.5. The number of hydrogen-bond donors (Lipinski definition) is 1. The minimum absolute atomic E-state index is 0.0405. The van der Waals surface area contributed by atoms with E-state index in [-0.39, 0.29) is 29.8 Å². The largest absolute Gasteiger partial charge is 0.345 e. The Hall–Kier alpha value is -3.56. The topological polar surface area (TPSA) is 114 Å². The van der Waals surface area contributed by atoms with Crippen LogP contribution in [0, 0.1) is 5.92 Å². The first kappa shape index (κ1) is 20.7. The van der Waals surface area contributed by atoms with E-state index in [2.05, 4.69) is 20.4 Å².